The molecule has 172 valence electrons. The maximum Gasteiger partial charge on any atom is 0.264 e. The number of benzene rings is 3. The van der Waals surface area contributed by atoms with Crippen molar-refractivity contribution in [3.8, 4) is 0 Å². The predicted molar refractivity (Wildman–Crippen MR) is 130 cm³/mol. The van der Waals surface area contributed by atoms with Crippen LogP contribution in [0.25, 0.3) is 0 Å². The van der Waals surface area contributed by atoms with Gasteiger partial charge in [0.05, 0.1) is 10.6 Å². The van der Waals surface area contributed by atoms with Crippen molar-refractivity contribution in [1.82, 2.24) is 5.32 Å². The van der Waals surface area contributed by atoms with Crippen LogP contribution in [0.5, 0.6) is 0 Å². The van der Waals surface area contributed by atoms with Gasteiger partial charge in [-0.3, -0.25) is 13.9 Å². The van der Waals surface area contributed by atoms with Crippen molar-refractivity contribution in [2.75, 3.05) is 16.7 Å². The van der Waals surface area contributed by atoms with E-state index in [1.165, 1.54) is 23.5 Å². The highest BCUT2D eigenvalue weighted by atomic mass is 32.2. The van der Waals surface area contributed by atoms with Crippen molar-refractivity contribution in [2.45, 2.75) is 25.3 Å². The van der Waals surface area contributed by atoms with E-state index in [9.17, 15) is 18.0 Å². The van der Waals surface area contributed by atoms with Gasteiger partial charge in [-0.05, 0) is 48.0 Å². The topological polar surface area (TPSA) is 95.6 Å². The molecule has 0 saturated carbocycles. The third kappa shape index (κ3) is 5.98. The summed E-state index contributed by atoms with van der Waals surface area (Å²) in [4.78, 5) is 24.5. The molecule has 8 heteroatoms. The molecule has 0 atom stereocenters. The number of hydrogen-bond donors (Lipinski definition) is 2. The van der Waals surface area contributed by atoms with Gasteiger partial charge in [0, 0.05) is 30.8 Å². The maximum atomic E-state index is 13.0. The smallest absolute Gasteiger partial charge is 0.264 e. The second-order valence-electron chi connectivity index (χ2n) is 7.86. The summed E-state index contributed by atoms with van der Waals surface area (Å²) < 4.78 is 27.2. The van der Waals surface area contributed by atoms with E-state index < -0.39 is 10.0 Å². The van der Waals surface area contributed by atoms with E-state index in [2.05, 4.69) is 10.6 Å². The van der Waals surface area contributed by atoms with E-state index in [0.29, 0.717) is 11.4 Å². The summed E-state index contributed by atoms with van der Waals surface area (Å²) in [6, 6.07) is 21.9. The number of para-hydroxylation sites is 1. The van der Waals surface area contributed by atoms with Crippen LogP contribution >= 0.6 is 0 Å². The molecular weight excluding hydrogens is 438 g/mol. The zero-order valence-electron chi connectivity index (χ0n) is 18.8. The molecule has 3 rings (SSSR count). The Morgan fingerprint density at radius 3 is 2.21 bits per heavy atom. The van der Waals surface area contributed by atoms with Crippen LogP contribution in [0.1, 0.15) is 29.8 Å². The Balaban J connectivity index is 1.67. The zero-order valence-corrected chi connectivity index (χ0v) is 19.6. The minimum Gasteiger partial charge on any atom is -0.348 e. The second-order valence-corrected chi connectivity index (χ2v) is 9.83. The lowest BCUT2D eigenvalue weighted by Crippen LogP contribution is -2.27. The van der Waals surface area contributed by atoms with Crippen molar-refractivity contribution < 1.29 is 18.0 Å². The van der Waals surface area contributed by atoms with E-state index >= 15 is 0 Å². The highest BCUT2D eigenvalue weighted by molar-refractivity contribution is 7.92. The molecule has 0 aliphatic rings. The molecule has 0 aliphatic carbocycles. The number of rotatable bonds is 8. The zero-order chi connectivity index (χ0) is 24.0. The molecule has 0 bridgehead atoms. The number of nitrogens with zero attached hydrogens (tertiary/aromatic N) is 1. The first kappa shape index (κ1) is 24.0. The van der Waals surface area contributed by atoms with E-state index in [4.69, 9.17) is 0 Å². The van der Waals surface area contributed by atoms with Gasteiger partial charge < -0.3 is 10.6 Å². The predicted octanol–water partition coefficient (Wildman–Crippen LogP) is 4.04. The van der Waals surface area contributed by atoms with Crippen LogP contribution in [-0.4, -0.2) is 27.3 Å². The van der Waals surface area contributed by atoms with Crippen molar-refractivity contribution in [2.24, 2.45) is 5.92 Å². The first-order chi connectivity index (χ1) is 15.7. The van der Waals surface area contributed by atoms with Crippen LogP contribution in [0.4, 0.5) is 11.4 Å². The second kappa shape index (κ2) is 10.3. The Morgan fingerprint density at radius 1 is 0.909 bits per heavy atom. The van der Waals surface area contributed by atoms with Gasteiger partial charge in [-0.1, -0.05) is 50.2 Å². The molecule has 3 aromatic carbocycles. The number of sulfonamides is 1. The summed E-state index contributed by atoms with van der Waals surface area (Å²) in [5.41, 5.74) is 2.31. The number of amides is 2. The SMILES string of the molecule is CC(C)C(=O)Nc1ccc(CNC(=O)c2cccc(S(=O)(=O)N(C)c3ccccc3)c2)cc1. The Hall–Kier alpha value is -3.65. The summed E-state index contributed by atoms with van der Waals surface area (Å²) in [5, 5.41) is 5.61. The van der Waals surface area contributed by atoms with Gasteiger partial charge in [-0.15, -0.1) is 0 Å². The average Bonchev–Trinajstić information content (AvgIpc) is 2.83. The highest BCUT2D eigenvalue weighted by Crippen LogP contribution is 2.22. The maximum absolute atomic E-state index is 13.0. The number of carbonyl (C=O) groups is 2. The standard InChI is InChI=1S/C25H27N3O4S/c1-18(2)24(29)27-21-14-12-19(13-15-21)17-26-25(30)20-8-7-11-23(16-20)33(31,32)28(3)22-9-5-4-6-10-22/h4-16,18H,17H2,1-3H3,(H,26,30)(H,27,29). The molecule has 3 aromatic rings. The first-order valence-corrected chi connectivity index (χ1v) is 11.9. The fourth-order valence-electron chi connectivity index (χ4n) is 3.01. The lowest BCUT2D eigenvalue weighted by molar-refractivity contribution is -0.118. The molecule has 0 aliphatic heterocycles. The lowest BCUT2D eigenvalue weighted by Gasteiger charge is -2.19. The third-order valence-electron chi connectivity index (χ3n) is 5.07. The highest BCUT2D eigenvalue weighted by Gasteiger charge is 2.22. The Bertz CT molecular complexity index is 1220. The minimum absolute atomic E-state index is 0.0340. The van der Waals surface area contributed by atoms with Crippen molar-refractivity contribution >= 4 is 33.2 Å². The molecule has 0 saturated heterocycles. The molecule has 33 heavy (non-hydrogen) atoms. The van der Waals surface area contributed by atoms with E-state index in [1.54, 1.807) is 48.5 Å². The van der Waals surface area contributed by atoms with Crippen LogP contribution in [-0.2, 0) is 21.4 Å². The summed E-state index contributed by atoms with van der Waals surface area (Å²) >= 11 is 0. The van der Waals surface area contributed by atoms with Crippen LogP contribution in [0.15, 0.2) is 83.8 Å². The van der Waals surface area contributed by atoms with Gasteiger partial charge in [0.15, 0.2) is 0 Å². The summed E-state index contributed by atoms with van der Waals surface area (Å²) in [6.07, 6.45) is 0. The summed E-state index contributed by atoms with van der Waals surface area (Å²) in [7, 11) is -2.34. The summed E-state index contributed by atoms with van der Waals surface area (Å²) in [5.74, 6) is -0.563. The van der Waals surface area contributed by atoms with Gasteiger partial charge in [0.25, 0.3) is 15.9 Å². The normalized spacial score (nSPS) is 11.2. The molecule has 0 radical (unpaired) electrons. The van der Waals surface area contributed by atoms with Crippen LogP contribution in [0, 0.1) is 5.92 Å². The molecule has 2 amide bonds. The molecular formula is C25H27N3O4S. The Morgan fingerprint density at radius 2 is 1.58 bits per heavy atom. The number of hydrogen-bond acceptors (Lipinski definition) is 4. The molecule has 7 nitrogen and oxygen atoms in total. The number of anilines is 2. The molecule has 2 N–H and O–H groups in total. The number of nitrogens with one attached hydrogen (secondary N) is 2. The first-order valence-electron chi connectivity index (χ1n) is 10.5. The van der Waals surface area contributed by atoms with Crippen LogP contribution < -0.4 is 14.9 Å². The lowest BCUT2D eigenvalue weighted by atomic mass is 10.1. The molecule has 0 aromatic heterocycles. The summed E-state index contributed by atoms with van der Waals surface area (Å²) in [6.45, 7) is 3.90. The van der Waals surface area contributed by atoms with Gasteiger partial charge in [0.1, 0.15) is 0 Å². The third-order valence-corrected chi connectivity index (χ3v) is 6.85. The van der Waals surface area contributed by atoms with Crippen molar-refractivity contribution in [1.29, 1.82) is 0 Å². The van der Waals surface area contributed by atoms with E-state index in [-0.39, 0.29) is 34.7 Å². The van der Waals surface area contributed by atoms with Gasteiger partial charge in [-0.2, -0.15) is 0 Å². The Labute approximate surface area is 194 Å². The largest absolute Gasteiger partial charge is 0.348 e. The van der Waals surface area contributed by atoms with Gasteiger partial charge >= 0.3 is 0 Å². The fourth-order valence-corrected chi connectivity index (χ4v) is 4.25. The van der Waals surface area contributed by atoms with Crippen LogP contribution in [0.3, 0.4) is 0 Å². The number of carbonyl (C=O) groups excluding carboxylic acids is 2. The molecule has 0 spiro atoms. The van der Waals surface area contributed by atoms with Crippen molar-refractivity contribution in [3.63, 3.8) is 0 Å². The molecule has 0 heterocycles. The van der Waals surface area contributed by atoms with Crippen molar-refractivity contribution in [3.05, 3.63) is 90.0 Å². The average molecular weight is 466 g/mol. The van der Waals surface area contributed by atoms with E-state index in [0.717, 1.165) is 5.56 Å². The van der Waals surface area contributed by atoms with Gasteiger partial charge in [0.2, 0.25) is 5.91 Å². The monoisotopic (exact) mass is 465 g/mol. The quantitative estimate of drug-likeness (QED) is 0.525. The molecule has 0 unspecified atom stereocenters. The molecule has 0 fully saturated rings. The minimum atomic E-state index is -3.82. The van der Waals surface area contributed by atoms with Crippen LogP contribution in [0.2, 0.25) is 0 Å². The fraction of sp³-hybridized carbons (Fsp3) is 0.200. The van der Waals surface area contributed by atoms with E-state index in [1.807, 2.05) is 32.0 Å². The van der Waals surface area contributed by atoms with Gasteiger partial charge in [-0.25, -0.2) is 8.42 Å². The Kier molecular flexibility index (Phi) is 7.50.